The molecule has 16 heavy (non-hydrogen) atoms. The van der Waals surface area contributed by atoms with Crippen molar-refractivity contribution in [1.29, 1.82) is 5.26 Å². The fourth-order valence-corrected chi connectivity index (χ4v) is 1.80. The summed E-state index contributed by atoms with van der Waals surface area (Å²) < 4.78 is 5.60. The van der Waals surface area contributed by atoms with Gasteiger partial charge >= 0.3 is 0 Å². The van der Waals surface area contributed by atoms with Gasteiger partial charge in [0.1, 0.15) is 5.75 Å². The number of carbonyl (C=O) groups is 1. The third-order valence-electron chi connectivity index (χ3n) is 2.67. The number of benzene rings is 1. The van der Waals surface area contributed by atoms with Crippen molar-refractivity contribution >= 4 is 5.78 Å². The van der Waals surface area contributed by atoms with Gasteiger partial charge in [0.25, 0.3) is 0 Å². The van der Waals surface area contributed by atoms with Crippen LogP contribution in [0.4, 0.5) is 0 Å². The van der Waals surface area contributed by atoms with E-state index in [9.17, 15) is 4.79 Å². The van der Waals surface area contributed by atoms with Gasteiger partial charge in [-0.3, -0.25) is 4.79 Å². The first-order chi connectivity index (χ1) is 7.52. The van der Waals surface area contributed by atoms with Crippen molar-refractivity contribution in [3.63, 3.8) is 0 Å². The number of hydrogen-bond acceptors (Lipinski definition) is 3. The Morgan fingerprint density at radius 2 is 2.19 bits per heavy atom. The van der Waals surface area contributed by atoms with Gasteiger partial charge in [-0.2, -0.15) is 5.26 Å². The van der Waals surface area contributed by atoms with Crippen LogP contribution in [-0.2, 0) is 0 Å². The van der Waals surface area contributed by atoms with E-state index in [1.54, 1.807) is 18.2 Å². The maximum atomic E-state index is 12.0. The van der Waals surface area contributed by atoms with Gasteiger partial charge in [0.2, 0.25) is 0 Å². The molecule has 0 saturated carbocycles. The minimum Gasteiger partial charge on any atom is -0.492 e. The Balaban J connectivity index is 2.47. The van der Waals surface area contributed by atoms with Crippen LogP contribution in [0.3, 0.4) is 0 Å². The first kappa shape index (κ1) is 10.7. The van der Waals surface area contributed by atoms with Gasteiger partial charge in [-0.15, -0.1) is 0 Å². The van der Waals surface area contributed by atoms with E-state index in [2.05, 4.69) is 0 Å². The second-order valence-corrected chi connectivity index (χ2v) is 4.88. The molecule has 1 aliphatic heterocycles. The number of ketones is 1. The fraction of sp³-hybridized carbons (Fsp3) is 0.385. The number of fused-ring (bicyclic) bond motifs is 1. The summed E-state index contributed by atoms with van der Waals surface area (Å²) in [5.41, 5.74) is 0.878. The standard InChI is InChI=1S/C13H13NO2/c1-13(2)6-11(15)10-5-9(7-14)3-4-12(10)16-8-13/h3-5H,6,8H2,1-2H3. The molecule has 3 nitrogen and oxygen atoms in total. The molecule has 1 aliphatic rings. The molecule has 1 heterocycles. The van der Waals surface area contributed by atoms with Crippen molar-refractivity contribution in [2.75, 3.05) is 6.61 Å². The normalized spacial score (nSPS) is 17.9. The average Bonchev–Trinajstić information content (AvgIpc) is 2.35. The minimum absolute atomic E-state index is 0.0506. The molecule has 2 rings (SSSR count). The SMILES string of the molecule is CC1(C)COc2ccc(C#N)cc2C(=O)C1. The quantitative estimate of drug-likeness (QED) is 0.668. The summed E-state index contributed by atoms with van der Waals surface area (Å²) in [5, 5.41) is 8.80. The summed E-state index contributed by atoms with van der Waals surface area (Å²) in [6, 6.07) is 7.01. The van der Waals surface area contributed by atoms with E-state index in [0.717, 1.165) is 0 Å². The number of nitriles is 1. The third-order valence-corrected chi connectivity index (χ3v) is 2.67. The van der Waals surface area contributed by atoms with Crippen molar-refractivity contribution in [2.45, 2.75) is 20.3 Å². The van der Waals surface area contributed by atoms with Crippen molar-refractivity contribution in [3.05, 3.63) is 29.3 Å². The topological polar surface area (TPSA) is 50.1 Å². The second kappa shape index (κ2) is 3.64. The molecule has 0 N–H and O–H groups in total. The number of carbonyl (C=O) groups excluding carboxylic acids is 1. The highest BCUT2D eigenvalue weighted by Gasteiger charge is 2.29. The van der Waals surface area contributed by atoms with Gasteiger partial charge in [0, 0.05) is 11.8 Å². The molecule has 0 bridgehead atoms. The minimum atomic E-state index is -0.150. The first-order valence-corrected chi connectivity index (χ1v) is 5.22. The molecule has 0 radical (unpaired) electrons. The maximum Gasteiger partial charge on any atom is 0.167 e. The van der Waals surface area contributed by atoms with E-state index >= 15 is 0 Å². The highest BCUT2D eigenvalue weighted by Crippen LogP contribution is 2.32. The summed E-state index contributed by atoms with van der Waals surface area (Å²) in [5.74, 6) is 0.643. The van der Waals surface area contributed by atoms with Crippen molar-refractivity contribution in [1.82, 2.24) is 0 Å². The molecule has 0 aromatic heterocycles. The predicted molar refractivity (Wildman–Crippen MR) is 59.4 cm³/mol. The molecular formula is C13H13NO2. The van der Waals surface area contributed by atoms with E-state index in [1.807, 2.05) is 19.9 Å². The largest absolute Gasteiger partial charge is 0.492 e. The Labute approximate surface area is 94.6 Å². The van der Waals surface area contributed by atoms with Crippen molar-refractivity contribution in [3.8, 4) is 11.8 Å². The monoisotopic (exact) mass is 215 g/mol. The summed E-state index contributed by atoms with van der Waals surface area (Å²) in [6.45, 7) is 4.53. The molecule has 0 atom stereocenters. The highest BCUT2D eigenvalue weighted by molar-refractivity contribution is 5.99. The molecule has 1 aromatic carbocycles. The number of rotatable bonds is 0. The van der Waals surface area contributed by atoms with Crippen LogP contribution in [0, 0.1) is 16.7 Å². The van der Waals surface area contributed by atoms with Gasteiger partial charge in [-0.25, -0.2) is 0 Å². The van der Waals surface area contributed by atoms with Crippen LogP contribution in [0.5, 0.6) is 5.75 Å². The summed E-state index contributed by atoms with van der Waals surface area (Å²) in [6.07, 6.45) is 0.453. The molecule has 1 aromatic rings. The predicted octanol–water partition coefficient (Wildman–Crippen LogP) is 2.55. The molecule has 0 aliphatic carbocycles. The van der Waals surface area contributed by atoms with Crippen LogP contribution in [0.1, 0.15) is 36.2 Å². The zero-order valence-electron chi connectivity index (χ0n) is 9.41. The molecule has 0 spiro atoms. The van der Waals surface area contributed by atoms with Crippen LogP contribution in [0.25, 0.3) is 0 Å². The Morgan fingerprint density at radius 1 is 1.44 bits per heavy atom. The van der Waals surface area contributed by atoms with Gasteiger partial charge in [0.15, 0.2) is 5.78 Å². The smallest absolute Gasteiger partial charge is 0.167 e. The number of nitrogens with zero attached hydrogens (tertiary/aromatic N) is 1. The lowest BCUT2D eigenvalue weighted by molar-refractivity contribution is 0.0918. The van der Waals surface area contributed by atoms with E-state index in [-0.39, 0.29) is 11.2 Å². The van der Waals surface area contributed by atoms with Gasteiger partial charge in [-0.05, 0) is 18.2 Å². The Kier molecular flexibility index (Phi) is 2.43. The van der Waals surface area contributed by atoms with Gasteiger partial charge in [0.05, 0.1) is 23.8 Å². The fourth-order valence-electron chi connectivity index (χ4n) is 1.80. The van der Waals surface area contributed by atoms with Crippen LogP contribution in [0.2, 0.25) is 0 Å². The molecule has 82 valence electrons. The Morgan fingerprint density at radius 3 is 2.88 bits per heavy atom. The molecular weight excluding hydrogens is 202 g/mol. The lowest BCUT2D eigenvalue weighted by Gasteiger charge is -2.19. The Hall–Kier alpha value is -1.82. The van der Waals surface area contributed by atoms with Gasteiger partial charge < -0.3 is 4.74 Å². The number of hydrogen-bond donors (Lipinski definition) is 0. The number of ether oxygens (including phenoxy) is 1. The van der Waals surface area contributed by atoms with Crippen LogP contribution >= 0.6 is 0 Å². The summed E-state index contributed by atoms with van der Waals surface area (Å²) >= 11 is 0. The zero-order chi connectivity index (χ0) is 11.8. The van der Waals surface area contributed by atoms with E-state index in [0.29, 0.717) is 29.9 Å². The lowest BCUT2D eigenvalue weighted by atomic mass is 9.87. The summed E-state index contributed by atoms with van der Waals surface area (Å²) in [7, 11) is 0. The highest BCUT2D eigenvalue weighted by atomic mass is 16.5. The summed E-state index contributed by atoms with van der Waals surface area (Å²) in [4.78, 5) is 12.0. The van der Waals surface area contributed by atoms with Gasteiger partial charge in [-0.1, -0.05) is 13.8 Å². The van der Waals surface area contributed by atoms with Crippen molar-refractivity contribution < 1.29 is 9.53 Å². The molecule has 0 saturated heterocycles. The first-order valence-electron chi connectivity index (χ1n) is 5.22. The zero-order valence-corrected chi connectivity index (χ0v) is 9.41. The molecule has 0 unspecified atom stereocenters. The molecule has 0 amide bonds. The van der Waals surface area contributed by atoms with E-state index < -0.39 is 0 Å². The molecule has 0 fully saturated rings. The van der Waals surface area contributed by atoms with E-state index in [1.165, 1.54) is 0 Å². The van der Waals surface area contributed by atoms with Crippen LogP contribution < -0.4 is 4.74 Å². The van der Waals surface area contributed by atoms with E-state index in [4.69, 9.17) is 10.00 Å². The molecule has 3 heteroatoms. The average molecular weight is 215 g/mol. The van der Waals surface area contributed by atoms with Crippen LogP contribution in [-0.4, -0.2) is 12.4 Å². The third kappa shape index (κ3) is 1.92. The van der Waals surface area contributed by atoms with Crippen molar-refractivity contribution in [2.24, 2.45) is 5.41 Å². The number of Topliss-reactive ketones (excluding diaryl/α,β-unsaturated/α-hetero) is 1. The van der Waals surface area contributed by atoms with Crippen LogP contribution in [0.15, 0.2) is 18.2 Å². The maximum absolute atomic E-state index is 12.0. The second-order valence-electron chi connectivity index (χ2n) is 4.88. The Bertz CT molecular complexity index is 483. The lowest BCUT2D eigenvalue weighted by Crippen LogP contribution is -2.21.